The maximum absolute atomic E-state index is 12.0. The number of hydrogen-bond donors (Lipinski definition) is 3. The molecule has 2 heterocycles. The molecule has 0 bridgehead atoms. The van der Waals surface area contributed by atoms with Crippen molar-refractivity contribution in [3.8, 4) is 0 Å². The predicted molar refractivity (Wildman–Crippen MR) is 74.4 cm³/mol. The van der Waals surface area contributed by atoms with Crippen LogP contribution in [0.4, 0.5) is 0 Å². The van der Waals surface area contributed by atoms with Crippen LogP contribution in [0.15, 0.2) is 6.20 Å². The number of piperidine rings is 1. The second kappa shape index (κ2) is 6.32. The molecule has 1 fully saturated rings. The molecule has 0 unspecified atom stereocenters. The highest BCUT2D eigenvalue weighted by Crippen LogP contribution is 2.17. The Morgan fingerprint density at radius 3 is 2.90 bits per heavy atom. The third kappa shape index (κ3) is 3.77. The van der Waals surface area contributed by atoms with E-state index in [1.807, 2.05) is 13.8 Å². The molecule has 1 aromatic rings. The minimum atomic E-state index is -0.333. The molecule has 1 saturated heterocycles. The van der Waals surface area contributed by atoms with Gasteiger partial charge in [0.05, 0.1) is 12.2 Å². The van der Waals surface area contributed by atoms with Crippen molar-refractivity contribution in [2.75, 3.05) is 26.2 Å². The van der Waals surface area contributed by atoms with Gasteiger partial charge in [0.15, 0.2) is 5.69 Å². The molecule has 0 aromatic carbocycles. The highest BCUT2D eigenvalue weighted by Gasteiger charge is 2.21. The van der Waals surface area contributed by atoms with Crippen molar-refractivity contribution in [2.45, 2.75) is 32.7 Å². The molecule has 0 spiro atoms. The lowest BCUT2D eigenvalue weighted by Gasteiger charge is -2.22. The smallest absolute Gasteiger partial charge is 0.273 e. The number of carbonyl (C=O) groups excluding carboxylic acids is 1. The molecule has 0 radical (unpaired) electrons. The molecule has 7 nitrogen and oxygen atoms in total. The van der Waals surface area contributed by atoms with E-state index in [0.29, 0.717) is 18.3 Å². The molecule has 20 heavy (non-hydrogen) atoms. The monoisotopic (exact) mass is 281 g/mol. The van der Waals surface area contributed by atoms with Crippen LogP contribution in [-0.2, 0) is 0 Å². The molecule has 1 aliphatic heterocycles. The second-order valence-corrected chi connectivity index (χ2v) is 6.07. The van der Waals surface area contributed by atoms with Crippen molar-refractivity contribution in [3.05, 3.63) is 11.9 Å². The number of rotatable bonds is 5. The number of carbonyl (C=O) groups is 1. The number of amides is 1. The fourth-order valence-electron chi connectivity index (χ4n) is 2.10. The summed E-state index contributed by atoms with van der Waals surface area (Å²) in [6.45, 7) is 6.14. The fraction of sp³-hybridized carbons (Fsp3) is 0.769. The molecular formula is C13H23N5O2. The SMILES string of the molecule is CC(C)(CO)CNC(=O)c1cn(C2CCNCC2)nn1. The molecule has 2 rings (SSSR count). The van der Waals surface area contributed by atoms with Gasteiger partial charge in [-0.05, 0) is 25.9 Å². The van der Waals surface area contributed by atoms with Gasteiger partial charge in [0.1, 0.15) is 0 Å². The molecule has 1 aliphatic rings. The van der Waals surface area contributed by atoms with Gasteiger partial charge in [0, 0.05) is 18.6 Å². The second-order valence-electron chi connectivity index (χ2n) is 6.07. The summed E-state index contributed by atoms with van der Waals surface area (Å²) in [6, 6.07) is 0.319. The zero-order chi connectivity index (χ0) is 14.6. The van der Waals surface area contributed by atoms with E-state index in [4.69, 9.17) is 5.11 Å². The van der Waals surface area contributed by atoms with Crippen LogP contribution in [0.1, 0.15) is 43.2 Å². The fourth-order valence-corrected chi connectivity index (χ4v) is 2.10. The summed E-state index contributed by atoms with van der Waals surface area (Å²) in [6.07, 6.45) is 3.71. The summed E-state index contributed by atoms with van der Waals surface area (Å²) in [7, 11) is 0. The molecule has 1 amide bonds. The van der Waals surface area contributed by atoms with Gasteiger partial charge in [-0.25, -0.2) is 4.68 Å². The number of hydrogen-bond acceptors (Lipinski definition) is 5. The Balaban J connectivity index is 1.92. The lowest BCUT2D eigenvalue weighted by Crippen LogP contribution is -2.36. The lowest BCUT2D eigenvalue weighted by molar-refractivity contribution is 0.0906. The summed E-state index contributed by atoms with van der Waals surface area (Å²) in [4.78, 5) is 12.0. The van der Waals surface area contributed by atoms with Crippen molar-refractivity contribution >= 4 is 5.91 Å². The van der Waals surface area contributed by atoms with E-state index in [0.717, 1.165) is 25.9 Å². The van der Waals surface area contributed by atoms with Crippen molar-refractivity contribution in [1.29, 1.82) is 0 Å². The lowest BCUT2D eigenvalue weighted by atomic mass is 9.95. The Bertz CT molecular complexity index is 451. The van der Waals surface area contributed by atoms with Gasteiger partial charge < -0.3 is 15.7 Å². The van der Waals surface area contributed by atoms with E-state index in [-0.39, 0.29) is 17.9 Å². The minimum Gasteiger partial charge on any atom is -0.396 e. The Hall–Kier alpha value is -1.47. The normalized spacial score (nSPS) is 17.1. The first-order valence-electron chi connectivity index (χ1n) is 7.03. The Labute approximate surface area is 118 Å². The first-order chi connectivity index (χ1) is 9.52. The molecular weight excluding hydrogens is 258 g/mol. The van der Waals surface area contributed by atoms with E-state index in [1.165, 1.54) is 0 Å². The van der Waals surface area contributed by atoms with Crippen LogP contribution < -0.4 is 10.6 Å². The highest BCUT2D eigenvalue weighted by molar-refractivity contribution is 5.91. The Morgan fingerprint density at radius 2 is 2.25 bits per heavy atom. The van der Waals surface area contributed by atoms with Crippen LogP contribution in [0.5, 0.6) is 0 Å². The minimum absolute atomic E-state index is 0.0229. The molecule has 0 atom stereocenters. The summed E-state index contributed by atoms with van der Waals surface area (Å²) in [5, 5.41) is 23.2. The number of nitrogens with zero attached hydrogens (tertiary/aromatic N) is 3. The number of aliphatic hydroxyl groups is 1. The van der Waals surface area contributed by atoms with Gasteiger partial charge in [0.2, 0.25) is 0 Å². The summed E-state index contributed by atoms with van der Waals surface area (Å²) in [5.74, 6) is -0.244. The standard InChI is InChI=1S/C13H23N5O2/c1-13(2,9-19)8-15-12(20)11-7-18(17-16-11)10-3-5-14-6-4-10/h7,10,14,19H,3-6,8-9H2,1-2H3,(H,15,20). The van der Waals surface area contributed by atoms with Gasteiger partial charge in [0.25, 0.3) is 5.91 Å². The zero-order valence-electron chi connectivity index (χ0n) is 12.1. The molecule has 1 aromatic heterocycles. The van der Waals surface area contributed by atoms with Crippen molar-refractivity contribution < 1.29 is 9.90 Å². The van der Waals surface area contributed by atoms with Crippen molar-refractivity contribution in [1.82, 2.24) is 25.6 Å². The maximum atomic E-state index is 12.0. The first kappa shape index (κ1) is 14.9. The molecule has 112 valence electrons. The Kier molecular flexibility index (Phi) is 4.72. The van der Waals surface area contributed by atoms with Crippen LogP contribution in [0.2, 0.25) is 0 Å². The third-order valence-electron chi connectivity index (χ3n) is 3.58. The van der Waals surface area contributed by atoms with Gasteiger partial charge in [-0.1, -0.05) is 19.1 Å². The van der Waals surface area contributed by atoms with Crippen molar-refractivity contribution in [3.63, 3.8) is 0 Å². The third-order valence-corrected chi connectivity index (χ3v) is 3.58. The maximum Gasteiger partial charge on any atom is 0.273 e. The van der Waals surface area contributed by atoms with Crippen LogP contribution >= 0.6 is 0 Å². The number of aromatic nitrogens is 3. The molecule has 0 aliphatic carbocycles. The first-order valence-corrected chi connectivity index (χ1v) is 7.03. The number of aliphatic hydroxyl groups excluding tert-OH is 1. The van der Waals surface area contributed by atoms with Gasteiger partial charge in [-0.3, -0.25) is 4.79 Å². The molecule has 7 heteroatoms. The van der Waals surface area contributed by atoms with E-state index in [2.05, 4.69) is 20.9 Å². The predicted octanol–water partition coefficient (Wildman–Crippen LogP) is -0.0491. The van der Waals surface area contributed by atoms with Crippen molar-refractivity contribution in [2.24, 2.45) is 5.41 Å². The highest BCUT2D eigenvalue weighted by atomic mass is 16.3. The topological polar surface area (TPSA) is 92.1 Å². The average Bonchev–Trinajstić information content (AvgIpc) is 2.96. The van der Waals surface area contributed by atoms with E-state index < -0.39 is 0 Å². The summed E-state index contributed by atoms with van der Waals surface area (Å²) >= 11 is 0. The zero-order valence-corrected chi connectivity index (χ0v) is 12.1. The summed E-state index contributed by atoms with van der Waals surface area (Å²) in [5.41, 5.74) is -0.00184. The molecule has 3 N–H and O–H groups in total. The number of nitrogens with one attached hydrogen (secondary N) is 2. The van der Waals surface area contributed by atoms with Gasteiger partial charge in [-0.2, -0.15) is 0 Å². The van der Waals surface area contributed by atoms with Crippen LogP contribution in [0, 0.1) is 5.41 Å². The van der Waals surface area contributed by atoms with Gasteiger partial charge >= 0.3 is 0 Å². The van der Waals surface area contributed by atoms with Crippen LogP contribution in [0.3, 0.4) is 0 Å². The average molecular weight is 281 g/mol. The Morgan fingerprint density at radius 1 is 1.55 bits per heavy atom. The molecule has 0 saturated carbocycles. The van der Waals surface area contributed by atoms with Gasteiger partial charge in [-0.15, -0.1) is 5.10 Å². The van der Waals surface area contributed by atoms with Crippen LogP contribution in [-0.4, -0.2) is 52.2 Å². The largest absolute Gasteiger partial charge is 0.396 e. The van der Waals surface area contributed by atoms with Crippen LogP contribution in [0.25, 0.3) is 0 Å². The van der Waals surface area contributed by atoms with E-state index in [1.54, 1.807) is 10.9 Å². The summed E-state index contributed by atoms with van der Waals surface area (Å²) < 4.78 is 1.78. The quantitative estimate of drug-likeness (QED) is 0.704. The van der Waals surface area contributed by atoms with E-state index >= 15 is 0 Å². The van der Waals surface area contributed by atoms with E-state index in [9.17, 15) is 4.79 Å².